The summed E-state index contributed by atoms with van der Waals surface area (Å²) in [6.45, 7) is 11.0. The van der Waals surface area contributed by atoms with Crippen molar-refractivity contribution in [2.75, 3.05) is 13.2 Å². The molecule has 0 bridgehead atoms. The van der Waals surface area contributed by atoms with Crippen LogP contribution >= 0.6 is 0 Å². The van der Waals surface area contributed by atoms with E-state index in [0.717, 1.165) is 19.1 Å². The van der Waals surface area contributed by atoms with Crippen molar-refractivity contribution in [3.63, 3.8) is 0 Å². The van der Waals surface area contributed by atoms with Gasteiger partial charge in [-0.25, -0.2) is 0 Å². The van der Waals surface area contributed by atoms with Crippen LogP contribution in [-0.2, 0) is 4.74 Å². The van der Waals surface area contributed by atoms with E-state index in [1.807, 2.05) is 0 Å². The standard InChI is InChI=1S/C16H33NO/c1-5-13(4)15(17-7-3)12-18-16-11-9-8-10-14(16)6-2/h13-17H,5-12H2,1-4H3. The fourth-order valence-electron chi connectivity index (χ4n) is 3.06. The third kappa shape index (κ3) is 4.89. The predicted octanol–water partition coefficient (Wildman–Crippen LogP) is 4.00. The Bertz CT molecular complexity index is 203. The minimum Gasteiger partial charge on any atom is -0.376 e. The fourth-order valence-corrected chi connectivity index (χ4v) is 3.06. The summed E-state index contributed by atoms with van der Waals surface area (Å²) in [5.41, 5.74) is 0. The fraction of sp³-hybridized carbons (Fsp3) is 1.00. The normalized spacial score (nSPS) is 28.0. The van der Waals surface area contributed by atoms with Gasteiger partial charge in [-0.1, -0.05) is 53.4 Å². The van der Waals surface area contributed by atoms with E-state index in [9.17, 15) is 0 Å². The number of likely N-dealkylation sites (N-methyl/N-ethyl adjacent to an activating group) is 1. The van der Waals surface area contributed by atoms with E-state index < -0.39 is 0 Å². The Morgan fingerprint density at radius 1 is 1.17 bits per heavy atom. The highest BCUT2D eigenvalue weighted by Gasteiger charge is 2.25. The quantitative estimate of drug-likeness (QED) is 0.708. The van der Waals surface area contributed by atoms with Crippen LogP contribution in [0.15, 0.2) is 0 Å². The molecule has 1 N–H and O–H groups in total. The van der Waals surface area contributed by atoms with Crippen LogP contribution in [0.1, 0.15) is 66.2 Å². The molecule has 0 heterocycles. The molecule has 0 saturated heterocycles. The highest BCUT2D eigenvalue weighted by molar-refractivity contribution is 4.77. The molecule has 4 unspecified atom stereocenters. The smallest absolute Gasteiger partial charge is 0.0626 e. The number of rotatable bonds is 8. The van der Waals surface area contributed by atoms with Crippen LogP contribution in [0.2, 0.25) is 0 Å². The Kier molecular flexibility index (Phi) is 7.92. The minimum atomic E-state index is 0.522. The van der Waals surface area contributed by atoms with Gasteiger partial charge in [0.1, 0.15) is 0 Å². The molecular formula is C16H33NO. The maximum absolute atomic E-state index is 6.26. The molecule has 0 aromatic carbocycles. The lowest BCUT2D eigenvalue weighted by Crippen LogP contribution is -2.41. The molecule has 0 aliphatic heterocycles. The van der Waals surface area contributed by atoms with Crippen molar-refractivity contribution in [1.82, 2.24) is 5.32 Å². The predicted molar refractivity (Wildman–Crippen MR) is 78.9 cm³/mol. The SMILES string of the molecule is CCNC(COC1CCCCC1CC)C(C)CC. The molecule has 2 nitrogen and oxygen atoms in total. The molecule has 1 aliphatic rings. The summed E-state index contributed by atoms with van der Waals surface area (Å²) < 4.78 is 6.26. The molecule has 1 rings (SSSR count). The average Bonchev–Trinajstić information content (AvgIpc) is 2.42. The molecule has 0 amide bonds. The van der Waals surface area contributed by atoms with Crippen LogP contribution in [0, 0.1) is 11.8 Å². The summed E-state index contributed by atoms with van der Waals surface area (Å²) in [7, 11) is 0. The lowest BCUT2D eigenvalue weighted by molar-refractivity contribution is -0.0270. The second kappa shape index (κ2) is 8.92. The maximum atomic E-state index is 6.26. The molecule has 1 saturated carbocycles. The van der Waals surface area contributed by atoms with Crippen molar-refractivity contribution in [3.8, 4) is 0 Å². The Morgan fingerprint density at radius 2 is 1.89 bits per heavy atom. The van der Waals surface area contributed by atoms with Crippen LogP contribution in [0.25, 0.3) is 0 Å². The van der Waals surface area contributed by atoms with Crippen molar-refractivity contribution in [2.45, 2.75) is 78.4 Å². The van der Waals surface area contributed by atoms with Gasteiger partial charge in [-0.2, -0.15) is 0 Å². The Hall–Kier alpha value is -0.0800. The Morgan fingerprint density at radius 3 is 2.50 bits per heavy atom. The lowest BCUT2D eigenvalue weighted by atomic mass is 9.84. The van der Waals surface area contributed by atoms with Crippen LogP contribution in [0.5, 0.6) is 0 Å². The first-order valence-electron chi connectivity index (χ1n) is 8.07. The third-order valence-electron chi connectivity index (χ3n) is 4.65. The van der Waals surface area contributed by atoms with Gasteiger partial charge < -0.3 is 10.1 Å². The van der Waals surface area contributed by atoms with Gasteiger partial charge >= 0.3 is 0 Å². The summed E-state index contributed by atoms with van der Waals surface area (Å²) in [4.78, 5) is 0. The average molecular weight is 255 g/mol. The van der Waals surface area contributed by atoms with Gasteiger partial charge in [0.05, 0.1) is 12.7 Å². The highest BCUT2D eigenvalue weighted by atomic mass is 16.5. The second-order valence-electron chi connectivity index (χ2n) is 5.87. The first-order chi connectivity index (χ1) is 8.72. The molecule has 0 aromatic rings. The number of hydrogen-bond acceptors (Lipinski definition) is 2. The molecule has 4 atom stereocenters. The topological polar surface area (TPSA) is 21.3 Å². The molecule has 2 heteroatoms. The van der Waals surface area contributed by atoms with E-state index in [1.54, 1.807) is 0 Å². The zero-order valence-corrected chi connectivity index (χ0v) is 12.9. The van der Waals surface area contributed by atoms with Gasteiger partial charge in [0.25, 0.3) is 0 Å². The first-order valence-corrected chi connectivity index (χ1v) is 8.07. The summed E-state index contributed by atoms with van der Waals surface area (Å²) in [6.07, 6.45) is 8.43. The first kappa shape index (κ1) is 16.0. The molecule has 108 valence electrons. The van der Waals surface area contributed by atoms with Crippen LogP contribution < -0.4 is 5.32 Å². The molecule has 18 heavy (non-hydrogen) atoms. The maximum Gasteiger partial charge on any atom is 0.0626 e. The van der Waals surface area contributed by atoms with Crippen LogP contribution in [0.4, 0.5) is 0 Å². The van der Waals surface area contributed by atoms with Crippen molar-refractivity contribution < 1.29 is 4.74 Å². The Balaban J connectivity index is 2.39. The van der Waals surface area contributed by atoms with E-state index in [1.165, 1.54) is 38.5 Å². The molecule has 1 fully saturated rings. The Labute approximate surface area is 114 Å². The van der Waals surface area contributed by atoms with Crippen LogP contribution in [-0.4, -0.2) is 25.3 Å². The largest absolute Gasteiger partial charge is 0.376 e. The van der Waals surface area contributed by atoms with Gasteiger partial charge in [0.15, 0.2) is 0 Å². The molecule has 1 aliphatic carbocycles. The van der Waals surface area contributed by atoms with Gasteiger partial charge in [-0.05, 0) is 31.2 Å². The summed E-state index contributed by atoms with van der Waals surface area (Å²) >= 11 is 0. The second-order valence-corrected chi connectivity index (χ2v) is 5.87. The van der Waals surface area contributed by atoms with E-state index in [2.05, 4.69) is 33.0 Å². The highest BCUT2D eigenvalue weighted by Crippen LogP contribution is 2.29. The number of nitrogens with one attached hydrogen (secondary N) is 1. The lowest BCUT2D eigenvalue weighted by Gasteiger charge is -2.33. The monoisotopic (exact) mass is 255 g/mol. The van der Waals surface area contributed by atoms with Crippen molar-refractivity contribution >= 4 is 0 Å². The molecule has 0 radical (unpaired) electrons. The molecule has 0 spiro atoms. The van der Waals surface area contributed by atoms with Crippen molar-refractivity contribution in [1.29, 1.82) is 0 Å². The summed E-state index contributed by atoms with van der Waals surface area (Å²) in [5, 5.41) is 3.58. The third-order valence-corrected chi connectivity index (χ3v) is 4.65. The van der Waals surface area contributed by atoms with Gasteiger partial charge in [-0.15, -0.1) is 0 Å². The zero-order valence-electron chi connectivity index (χ0n) is 12.9. The van der Waals surface area contributed by atoms with E-state index in [0.29, 0.717) is 18.1 Å². The van der Waals surface area contributed by atoms with E-state index in [4.69, 9.17) is 4.74 Å². The van der Waals surface area contributed by atoms with E-state index in [-0.39, 0.29) is 0 Å². The molecular weight excluding hydrogens is 222 g/mol. The summed E-state index contributed by atoms with van der Waals surface area (Å²) in [6, 6.07) is 0.527. The molecule has 0 aromatic heterocycles. The summed E-state index contributed by atoms with van der Waals surface area (Å²) in [5.74, 6) is 1.51. The van der Waals surface area contributed by atoms with Crippen molar-refractivity contribution in [3.05, 3.63) is 0 Å². The zero-order chi connectivity index (χ0) is 13.4. The minimum absolute atomic E-state index is 0.522. The number of ether oxygens (including phenoxy) is 1. The van der Waals surface area contributed by atoms with Gasteiger partial charge in [0.2, 0.25) is 0 Å². The van der Waals surface area contributed by atoms with Gasteiger partial charge in [0, 0.05) is 6.04 Å². The van der Waals surface area contributed by atoms with Crippen LogP contribution in [0.3, 0.4) is 0 Å². The van der Waals surface area contributed by atoms with Crippen molar-refractivity contribution in [2.24, 2.45) is 11.8 Å². The number of hydrogen-bond donors (Lipinski definition) is 1. The van der Waals surface area contributed by atoms with Gasteiger partial charge in [-0.3, -0.25) is 0 Å². The van der Waals surface area contributed by atoms with E-state index >= 15 is 0 Å².